The van der Waals surface area contributed by atoms with E-state index in [2.05, 4.69) is 5.32 Å². The number of hydrogen-bond donors (Lipinski definition) is 1. The highest BCUT2D eigenvalue weighted by Crippen LogP contribution is 2.17. The summed E-state index contributed by atoms with van der Waals surface area (Å²) in [6, 6.07) is 11.7. The minimum Gasteiger partial charge on any atom is -0.383 e. The molecule has 0 atom stereocenters. The van der Waals surface area contributed by atoms with Gasteiger partial charge in [-0.2, -0.15) is 8.42 Å². The standard InChI is InChI=1S/C18H21FN2O5S/c1-25-12-11-21(18(22)20-17-6-4-3-5-16(17)19)13-14-7-9-15(10-8-14)26-27(2,23)24/h3-10H,11-13H2,1-2H3,(H,20,22). The van der Waals surface area contributed by atoms with Crippen molar-refractivity contribution in [3.8, 4) is 5.75 Å². The zero-order valence-electron chi connectivity index (χ0n) is 15.0. The molecule has 0 spiro atoms. The van der Waals surface area contributed by atoms with Crippen LogP contribution in [0.3, 0.4) is 0 Å². The van der Waals surface area contributed by atoms with Crippen LogP contribution in [0.15, 0.2) is 48.5 Å². The van der Waals surface area contributed by atoms with Crippen LogP contribution < -0.4 is 9.50 Å². The highest BCUT2D eigenvalue weighted by Gasteiger charge is 2.16. The van der Waals surface area contributed by atoms with Crippen LogP contribution >= 0.6 is 0 Å². The number of rotatable bonds is 8. The van der Waals surface area contributed by atoms with Crippen molar-refractivity contribution in [2.75, 3.05) is 31.8 Å². The third-order valence-corrected chi connectivity index (χ3v) is 4.01. The van der Waals surface area contributed by atoms with E-state index in [1.807, 2.05) is 0 Å². The summed E-state index contributed by atoms with van der Waals surface area (Å²) in [5.74, 6) is -0.347. The fourth-order valence-corrected chi connectivity index (χ4v) is 2.72. The van der Waals surface area contributed by atoms with Crippen molar-refractivity contribution >= 4 is 21.8 Å². The summed E-state index contributed by atoms with van der Waals surface area (Å²) in [6.07, 6.45) is 0.959. The second-order valence-electron chi connectivity index (χ2n) is 5.76. The fraction of sp³-hybridized carbons (Fsp3) is 0.278. The maximum absolute atomic E-state index is 13.8. The van der Waals surface area contributed by atoms with E-state index in [-0.39, 0.29) is 18.0 Å². The first-order valence-corrected chi connectivity index (χ1v) is 9.88. The lowest BCUT2D eigenvalue weighted by Crippen LogP contribution is -2.37. The summed E-state index contributed by atoms with van der Waals surface area (Å²) in [4.78, 5) is 14.0. The predicted octanol–water partition coefficient (Wildman–Crippen LogP) is 2.84. The number of anilines is 1. The molecule has 0 bridgehead atoms. The monoisotopic (exact) mass is 396 g/mol. The number of carbonyl (C=O) groups excluding carboxylic acids is 1. The summed E-state index contributed by atoms with van der Waals surface area (Å²) in [5, 5.41) is 2.53. The normalized spacial score (nSPS) is 11.1. The minimum atomic E-state index is -3.60. The second-order valence-corrected chi connectivity index (χ2v) is 7.33. The van der Waals surface area contributed by atoms with Gasteiger partial charge in [-0.05, 0) is 29.8 Å². The Morgan fingerprint density at radius 1 is 1.15 bits per heavy atom. The average molecular weight is 396 g/mol. The van der Waals surface area contributed by atoms with Crippen LogP contribution in [0, 0.1) is 5.82 Å². The Hall–Kier alpha value is -2.65. The van der Waals surface area contributed by atoms with Gasteiger partial charge < -0.3 is 19.1 Å². The van der Waals surface area contributed by atoms with Crippen LogP contribution in [-0.2, 0) is 21.4 Å². The summed E-state index contributed by atoms with van der Waals surface area (Å²) in [7, 11) is -2.09. The largest absolute Gasteiger partial charge is 0.383 e. The summed E-state index contributed by atoms with van der Waals surface area (Å²) in [6.45, 7) is 0.821. The minimum absolute atomic E-state index is 0.0850. The molecule has 0 fully saturated rings. The Morgan fingerprint density at radius 2 is 1.81 bits per heavy atom. The summed E-state index contributed by atoms with van der Waals surface area (Å²) >= 11 is 0. The van der Waals surface area contributed by atoms with Crippen molar-refractivity contribution < 1.29 is 26.5 Å². The molecule has 0 heterocycles. The van der Waals surface area contributed by atoms with E-state index < -0.39 is 22.0 Å². The van der Waals surface area contributed by atoms with E-state index >= 15 is 0 Å². The SMILES string of the molecule is COCCN(Cc1ccc(OS(C)(=O)=O)cc1)C(=O)Nc1ccccc1F. The van der Waals surface area contributed by atoms with Crippen molar-refractivity contribution in [1.29, 1.82) is 0 Å². The molecular formula is C18H21FN2O5S. The maximum Gasteiger partial charge on any atom is 0.322 e. The molecule has 0 saturated carbocycles. The molecule has 0 aromatic heterocycles. The number of urea groups is 1. The van der Waals surface area contributed by atoms with Gasteiger partial charge in [0.1, 0.15) is 11.6 Å². The second kappa shape index (κ2) is 9.33. The first-order chi connectivity index (χ1) is 12.8. The van der Waals surface area contributed by atoms with Gasteiger partial charge in [-0.3, -0.25) is 0 Å². The van der Waals surface area contributed by atoms with Crippen molar-refractivity contribution in [1.82, 2.24) is 4.90 Å². The average Bonchev–Trinajstić information content (AvgIpc) is 2.60. The Balaban J connectivity index is 2.09. The van der Waals surface area contributed by atoms with Gasteiger partial charge in [0.2, 0.25) is 0 Å². The van der Waals surface area contributed by atoms with Gasteiger partial charge in [0, 0.05) is 20.2 Å². The fourth-order valence-electron chi connectivity index (χ4n) is 2.26. The smallest absolute Gasteiger partial charge is 0.322 e. The van der Waals surface area contributed by atoms with Gasteiger partial charge in [-0.25, -0.2) is 9.18 Å². The van der Waals surface area contributed by atoms with E-state index in [9.17, 15) is 17.6 Å². The number of methoxy groups -OCH3 is 1. The molecule has 2 rings (SSSR count). The first kappa shape index (κ1) is 20.7. The number of amides is 2. The van der Waals surface area contributed by atoms with Gasteiger partial charge in [0.25, 0.3) is 0 Å². The molecule has 2 amide bonds. The summed E-state index contributed by atoms with van der Waals surface area (Å²) in [5.41, 5.74) is 0.831. The number of hydrogen-bond acceptors (Lipinski definition) is 5. The third-order valence-electron chi connectivity index (χ3n) is 3.51. The third kappa shape index (κ3) is 6.87. The van der Waals surface area contributed by atoms with E-state index in [1.165, 1.54) is 42.3 Å². The molecular weight excluding hydrogens is 375 g/mol. The quantitative estimate of drug-likeness (QED) is 0.694. The molecule has 0 unspecified atom stereocenters. The van der Waals surface area contributed by atoms with Crippen LogP contribution in [0.1, 0.15) is 5.56 Å². The molecule has 0 radical (unpaired) electrons. The predicted molar refractivity (Wildman–Crippen MR) is 99.6 cm³/mol. The molecule has 0 saturated heterocycles. The Bertz CT molecular complexity index is 872. The first-order valence-electron chi connectivity index (χ1n) is 8.06. The highest BCUT2D eigenvalue weighted by molar-refractivity contribution is 7.86. The number of nitrogens with one attached hydrogen (secondary N) is 1. The molecule has 2 aromatic rings. The van der Waals surface area contributed by atoms with Crippen LogP contribution in [-0.4, -0.2) is 45.9 Å². The lowest BCUT2D eigenvalue weighted by Gasteiger charge is -2.23. The molecule has 9 heteroatoms. The zero-order valence-corrected chi connectivity index (χ0v) is 15.8. The van der Waals surface area contributed by atoms with E-state index in [0.29, 0.717) is 13.2 Å². The van der Waals surface area contributed by atoms with Gasteiger partial charge in [0.05, 0.1) is 18.6 Å². The lowest BCUT2D eigenvalue weighted by atomic mass is 10.2. The van der Waals surface area contributed by atoms with Crippen molar-refractivity contribution in [2.45, 2.75) is 6.54 Å². The van der Waals surface area contributed by atoms with Crippen LogP contribution in [0.25, 0.3) is 0 Å². The van der Waals surface area contributed by atoms with Crippen LogP contribution in [0.4, 0.5) is 14.9 Å². The van der Waals surface area contributed by atoms with Crippen LogP contribution in [0.5, 0.6) is 5.75 Å². The Kier molecular flexibility index (Phi) is 7.14. The topological polar surface area (TPSA) is 84.9 Å². The van der Waals surface area contributed by atoms with Gasteiger partial charge in [0.15, 0.2) is 0 Å². The molecule has 7 nitrogen and oxygen atoms in total. The number of carbonyl (C=O) groups is 1. The Morgan fingerprint density at radius 3 is 2.41 bits per heavy atom. The zero-order chi connectivity index (χ0) is 19.9. The van der Waals surface area contributed by atoms with Gasteiger partial charge >= 0.3 is 16.1 Å². The van der Waals surface area contributed by atoms with E-state index in [1.54, 1.807) is 18.2 Å². The number of benzene rings is 2. The maximum atomic E-state index is 13.8. The molecule has 1 N–H and O–H groups in total. The molecule has 2 aromatic carbocycles. The molecule has 27 heavy (non-hydrogen) atoms. The Labute approximate surface area is 157 Å². The number of para-hydroxylation sites is 1. The van der Waals surface area contributed by atoms with Crippen molar-refractivity contribution in [3.05, 3.63) is 59.9 Å². The van der Waals surface area contributed by atoms with Gasteiger partial charge in [-0.15, -0.1) is 0 Å². The number of nitrogens with zero attached hydrogens (tertiary/aromatic N) is 1. The van der Waals surface area contributed by atoms with E-state index in [0.717, 1.165) is 11.8 Å². The number of halogens is 1. The number of ether oxygens (including phenoxy) is 1. The van der Waals surface area contributed by atoms with Crippen molar-refractivity contribution in [2.24, 2.45) is 0 Å². The lowest BCUT2D eigenvalue weighted by molar-refractivity contribution is 0.153. The molecule has 0 aliphatic carbocycles. The van der Waals surface area contributed by atoms with Crippen LogP contribution in [0.2, 0.25) is 0 Å². The van der Waals surface area contributed by atoms with Crippen molar-refractivity contribution in [3.63, 3.8) is 0 Å². The van der Waals surface area contributed by atoms with E-state index in [4.69, 9.17) is 8.92 Å². The molecule has 146 valence electrons. The molecule has 0 aliphatic rings. The highest BCUT2D eigenvalue weighted by atomic mass is 32.2. The van der Waals surface area contributed by atoms with Gasteiger partial charge in [-0.1, -0.05) is 24.3 Å². The summed E-state index contributed by atoms with van der Waals surface area (Å²) < 4.78 is 45.8. The molecule has 0 aliphatic heterocycles.